The molecule has 1 aliphatic carbocycles. The Kier molecular flexibility index (Phi) is 3.30. The Bertz CT molecular complexity index is 301. The second kappa shape index (κ2) is 4.55. The third-order valence-corrected chi connectivity index (χ3v) is 3.64. The van der Waals surface area contributed by atoms with Gasteiger partial charge in [-0.1, -0.05) is 12.2 Å². The summed E-state index contributed by atoms with van der Waals surface area (Å²) in [6, 6.07) is 0.587. The Labute approximate surface area is 97.1 Å². The largest absolute Gasteiger partial charge is 0.341 e. The second-order valence-electron chi connectivity index (χ2n) is 5.08. The highest BCUT2D eigenvalue weighted by Gasteiger charge is 2.32. The summed E-state index contributed by atoms with van der Waals surface area (Å²) in [7, 11) is 4.15. The van der Waals surface area contributed by atoms with Crippen LogP contribution in [0, 0.1) is 5.92 Å². The normalized spacial score (nSPS) is 34.0. The number of rotatable bonds is 2. The third kappa shape index (κ3) is 2.28. The number of carbonyl (C=O) groups is 1. The van der Waals surface area contributed by atoms with Crippen LogP contribution in [0.25, 0.3) is 0 Å². The molecule has 1 amide bonds. The minimum Gasteiger partial charge on any atom is -0.341 e. The van der Waals surface area contributed by atoms with Crippen molar-refractivity contribution in [3.63, 3.8) is 0 Å². The number of amides is 1. The van der Waals surface area contributed by atoms with Gasteiger partial charge in [0.05, 0.1) is 5.92 Å². The lowest BCUT2D eigenvalue weighted by Crippen LogP contribution is -2.37. The van der Waals surface area contributed by atoms with E-state index in [9.17, 15) is 4.79 Å². The summed E-state index contributed by atoms with van der Waals surface area (Å²) in [5, 5.41) is 0. The minimum absolute atomic E-state index is 0.0240. The van der Waals surface area contributed by atoms with Crippen molar-refractivity contribution >= 4 is 5.91 Å². The van der Waals surface area contributed by atoms with Crippen molar-refractivity contribution in [1.82, 2.24) is 9.80 Å². The molecule has 1 heterocycles. The molecule has 16 heavy (non-hydrogen) atoms. The molecule has 1 fully saturated rings. The number of hydrogen-bond donors (Lipinski definition) is 1. The van der Waals surface area contributed by atoms with E-state index >= 15 is 0 Å². The number of likely N-dealkylation sites (N-methyl/N-ethyl adjacent to an activating group) is 1. The Morgan fingerprint density at radius 1 is 1.44 bits per heavy atom. The second-order valence-corrected chi connectivity index (χ2v) is 5.08. The van der Waals surface area contributed by atoms with E-state index in [1.54, 1.807) is 0 Å². The van der Waals surface area contributed by atoms with Crippen LogP contribution in [0.15, 0.2) is 12.2 Å². The summed E-state index contributed by atoms with van der Waals surface area (Å²) in [5.74, 6) is 0.282. The topological polar surface area (TPSA) is 49.6 Å². The molecule has 0 aromatic heterocycles. The van der Waals surface area contributed by atoms with Crippen molar-refractivity contribution in [2.45, 2.75) is 24.9 Å². The van der Waals surface area contributed by atoms with E-state index in [1.807, 2.05) is 17.1 Å². The zero-order valence-corrected chi connectivity index (χ0v) is 10.1. The molecule has 2 N–H and O–H groups in total. The maximum absolute atomic E-state index is 12.2. The molecular weight excluding hydrogens is 202 g/mol. The number of likely N-dealkylation sites (tertiary alicyclic amines) is 1. The lowest BCUT2D eigenvalue weighted by Gasteiger charge is -2.22. The first-order chi connectivity index (χ1) is 7.58. The van der Waals surface area contributed by atoms with E-state index in [1.165, 1.54) is 0 Å². The van der Waals surface area contributed by atoms with Gasteiger partial charge in [0.15, 0.2) is 0 Å². The number of nitrogens with zero attached hydrogens (tertiary/aromatic N) is 2. The van der Waals surface area contributed by atoms with Crippen LogP contribution in [0.5, 0.6) is 0 Å². The van der Waals surface area contributed by atoms with E-state index in [0.717, 1.165) is 25.9 Å². The SMILES string of the molecule is CN(C)C1CCN(C(=O)C2C=CC(N)C2)C1. The van der Waals surface area contributed by atoms with Gasteiger partial charge in [-0.05, 0) is 26.9 Å². The molecule has 3 atom stereocenters. The molecule has 0 radical (unpaired) electrons. The quantitative estimate of drug-likeness (QED) is 0.673. The van der Waals surface area contributed by atoms with Gasteiger partial charge in [0, 0.05) is 25.2 Å². The maximum Gasteiger partial charge on any atom is 0.229 e. The Hall–Kier alpha value is -0.870. The number of nitrogens with two attached hydrogens (primary N) is 1. The summed E-state index contributed by atoms with van der Waals surface area (Å²) < 4.78 is 0. The molecule has 0 saturated carbocycles. The molecule has 2 aliphatic rings. The zero-order chi connectivity index (χ0) is 11.7. The fourth-order valence-electron chi connectivity index (χ4n) is 2.51. The van der Waals surface area contributed by atoms with Gasteiger partial charge in [-0.15, -0.1) is 0 Å². The molecule has 1 aliphatic heterocycles. The van der Waals surface area contributed by atoms with Crippen LogP contribution in [0.2, 0.25) is 0 Å². The summed E-state index contributed by atoms with van der Waals surface area (Å²) in [5.41, 5.74) is 5.77. The van der Waals surface area contributed by atoms with Crippen LogP contribution < -0.4 is 5.73 Å². The van der Waals surface area contributed by atoms with Gasteiger partial charge in [0.2, 0.25) is 5.91 Å². The summed E-state index contributed by atoms with van der Waals surface area (Å²) in [6.07, 6.45) is 5.78. The van der Waals surface area contributed by atoms with E-state index in [2.05, 4.69) is 19.0 Å². The molecule has 3 unspecified atom stereocenters. The average Bonchev–Trinajstić information content (AvgIpc) is 2.84. The van der Waals surface area contributed by atoms with Crippen molar-refractivity contribution in [2.75, 3.05) is 27.2 Å². The van der Waals surface area contributed by atoms with Gasteiger partial charge >= 0.3 is 0 Å². The highest BCUT2D eigenvalue weighted by molar-refractivity contribution is 5.81. The predicted octanol–water partition coefficient (Wildman–Crippen LogP) is 0.0523. The number of carbonyl (C=O) groups excluding carboxylic acids is 1. The van der Waals surface area contributed by atoms with Crippen LogP contribution >= 0.6 is 0 Å². The van der Waals surface area contributed by atoms with Crippen LogP contribution in [0.4, 0.5) is 0 Å². The summed E-state index contributed by atoms with van der Waals surface area (Å²) in [4.78, 5) is 16.3. The molecule has 0 spiro atoms. The first-order valence-corrected chi connectivity index (χ1v) is 5.97. The van der Waals surface area contributed by atoms with E-state index in [0.29, 0.717) is 6.04 Å². The Morgan fingerprint density at radius 2 is 2.19 bits per heavy atom. The fourth-order valence-corrected chi connectivity index (χ4v) is 2.51. The van der Waals surface area contributed by atoms with Crippen molar-refractivity contribution in [1.29, 1.82) is 0 Å². The van der Waals surface area contributed by atoms with Gasteiger partial charge in [0.1, 0.15) is 0 Å². The van der Waals surface area contributed by atoms with Crippen LogP contribution in [0.3, 0.4) is 0 Å². The highest BCUT2D eigenvalue weighted by atomic mass is 16.2. The van der Waals surface area contributed by atoms with Crippen molar-refractivity contribution in [3.8, 4) is 0 Å². The lowest BCUT2D eigenvalue weighted by molar-refractivity contribution is -0.133. The van der Waals surface area contributed by atoms with Gasteiger partial charge in [-0.2, -0.15) is 0 Å². The standard InChI is InChI=1S/C12H21N3O/c1-14(2)11-5-6-15(8-11)12(16)9-3-4-10(13)7-9/h3-4,9-11H,5-8,13H2,1-2H3. The van der Waals surface area contributed by atoms with E-state index < -0.39 is 0 Å². The van der Waals surface area contributed by atoms with E-state index in [-0.39, 0.29) is 17.9 Å². The maximum atomic E-state index is 12.2. The van der Waals surface area contributed by atoms with Gasteiger partial charge in [-0.25, -0.2) is 0 Å². The van der Waals surface area contributed by atoms with Gasteiger partial charge in [0.25, 0.3) is 0 Å². The molecule has 2 rings (SSSR count). The Balaban J connectivity index is 1.90. The van der Waals surface area contributed by atoms with Crippen LogP contribution in [0.1, 0.15) is 12.8 Å². The van der Waals surface area contributed by atoms with E-state index in [4.69, 9.17) is 5.73 Å². The minimum atomic E-state index is 0.0240. The predicted molar refractivity (Wildman–Crippen MR) is 63.9 cm³/mol. The Morgan fingerprint density at radius 3 is 2.69 bits per heavy atom. The molecule has 0 bridgehead atoms. The fraction of sp³-hybridized carbons (Fsp3) is 0.750. The molecule has 90 valence electrons. The summed E-state index contributed by atoms with van der Waals surface area (Å²) in [6.45, 7) is 1.76. The first kappa shape index (κ1) is 11.6. The highest BCUT2D eigenvalue weighted by Crippen LogP contribution is 2.22. The molecule has 1 saturated heterocycles. The van der Waals surface area contributed by atoms with Crippen LogP contribution in [-0.2, 0) is 4.79 Å². The molecular formula is C12H21N3O. The summed E-state index contributed by atoms with van der Waals surface area (Å²) >= 11 is 0. The van der Waals surface area contributed by atoms with Crippen LogP contribution in [-0.4, -0.2) is 55.0 Å². The molecule has 0 aromatic rings. The van der Waals surface area contributed by atoms with Crippen molar-refractivity contribution < 1.29 is 4.79 Å². The third-order valence-electron chi connectivity index (χ3n) is 3.64. The molecule has 4 heteroatoms. The first-order valence-electron chi connectivity index (χ1n) is 5.97. The van der Waals surface area contributed by atoms with Crippen molar-refractivity contribution in [2.24, 2.45) is 11.7 Å². The van der Waals surface area contributed by atoms with Crippen molar-refractivity contribution in [3.05, 3.63) is 12.2 Å². The zero-order valence-electron chi connectivity index (χ0n) is 10.1. The monoisotopic (exact) mass is 223 g/mol. The average molecular weight is 223 g/mol. The molecule has 4 nitrogen and oxygen atoms in total. The number of hydrogen-bond acceptors (Lipinski definition) is 3. The molecule has 0 aromatic carbocycles. The smallest absolute Gasteiger partial charge is 0.229 e. The van der Waals surface area contributed by atoms with Gasteiger partial charge < -0.3 is 15.5 Å². The van der Waals surface area contributed by atoms with Gasteiger partial charge in [-0.3, -0.25) is 4.79 Å². The lowest BCUT2D eigenvalue weighted by atomic mass is 10.1.